The van der Waals surface area contributed by atoms with Gasteiger partial charge in [-0.1, -0.05) is 26.0 Å². The molecule has 1 fully saturated rings. The van der Waals surface area contributed by atoms with Crippen LogP contribution in [0.15, 0.2) is 30.3 Å². The Morgan fingerprint density at radius 1 is 1.25 bits per heavy atom. The zero-order chi connectivity index (χ0) is 26.8. The summed E-state index contributed by atoms with van der Waals surface area (Å²) < 4.78 is 50.8. The molecule has 2 heterocycles. The van der Waals surface area contributed by atoms with E-state index in [0.717, 1.165) is 10.6 Å². The Morgan fingerprint density at radius 2 is 1.89 bits per heavy atom. The van der Waals surface area contributed by atoms with Gasteiger partial charge in [0.2, 0.25) is 16.0 Å². The fourth-order valence-electron chi connectivity index (χ4n) is 3.99. The normalized spacial score (nSPS) is 20.1. The standard InChI is InChI=1S/C25H32FN3O6S/c1-15(2)22-20(12-11-18-13-19(14-21(30)31)35-25(3,4)34-18)23(16-7-9-17(26)10-8-16)28-24(27-22)29(5)36(6,32)33/h7-12,15,18-19H,13-14H2,1-6H3,(H,30,31)/b12-11+/t18?,19-/m0/s1. The van der Waals surface area contributed by atoms with Gasteiger partial charge in [0.05, 0.1) is 36.3 Å². The fourth-order valence-corrected chi connectivity index (χ4v) is 4.36. The number of anilines is 1. The third-order valence-electron chi connectivity index (χ3n) is 5.67. The molecule has 0 spiro atoms. The monoisotopic (exact) mass is 521 g/mol. The van der Waals surface area contributed by atoms with Gasteiger partial charge in [0.25, 0.3) is 0 Å². The molecule has 1 unspecified atom stereocenters. The molecule has 1 saturated heterocycles. The highest BCUT2D eigenvalue weighted by Gasteiger charge is 2.35. The smallest absolute Gasteiger partial charge is 0.305 e. The molecule has 9 nitrogen and oxygen atoms in total. The van der Waals surface area contributed by atoms with Gasteiger partial charge < -0.3 is 14.6 Å². The zero-order valence-electron chi connectivity index (χ0n) is 21.2. The van der Waals surface area contributed by atoms with Gasteiger partial charge >= 0.3 is 5.97 Å². The molecule has 0 amide bonds. The van der Waals surface area contributed by atoms with Crippen molar-refractivity contribution in [3.05, 3.63) is 47.4 Å². The van der Waals surface area contributed by atoms with Crippen LogP contribution in [0.4, 0.5) is 10.3 Å². The van der Waals surface area contributed by atoms with E-state index < -0.39 is 39.8 Å². The SMILES string of the molecule is CC(C)c1nc(N(C)S(C)(=O)=O)nc(-c2ccc(F)cc2)c1/C=C/C1C[C@@H](CC(=O)O)OC(C)(C)O1. The van der Waals surface area contributed by atoms with Crippen LogP contribution in [0, 0.1) is 5.82 Å². The second-order valence-corrected chi connectivity index (χ2v) is 11.6. The lowest BCUT2D eigenvalue weighted by atomic mass is 9.97. The van der Waals surface area contributed by atoms with Crippen molar-refractivity contribution in [2.24, 2.45) is 0 Å². The molecule has 11 heteroatoms. The fraction of sp³-hybridized carbons (Fsp3) is 0.480. The summed E-state index contributed by atoms with van der Waals surface area (Å²) in [5, 5.41) is 9.21. The van der Waals surface area contributed by atoms with Crippen molar-refractivity contribution >= 4 is 28.0 Å². The average Bonchev–Trinajstić information content (AvgIpc) is 2.75. The lowest BCUT2D eigenvalue weighted by Gasteiger charge is -2.39. The number of rotatable bonds is 8. The van der Waals surface area contributed by atoms with Crippen LogP contribution in [-0.2, 0) is 24.3 Å². The van der Waals surface area contributed by atoms with E-state index in [-0.39, 0.29) is 18.3 Å². The van der Waals surface area contributed by atoms with E-state index in [1.165, 1.54) is 19.2 Å². The minimum absolute atomic E-state index is 0.00245. The molecule has 1 aliphatic rings. The Kier molecular flexibility index (Phi) is 8.17. The van der Waals surface area contributed by atoms with E-state index in [9.17, 15) is 22.7 Å². The first-order valence-electron chi connectivity index (χ1n) is 11.5. The van der Waals surface area contributed by atoms with Crippen molar-refractivity contribution in [2.75, 3.05) is 17.6 Å². The molecule has 0 aliphatic carbocycles. The number of carboxylic acid groups (broad SMARTS) is 1. The zero-order valence-corrected chi connectivity index (χ0v) is 22.0. The van der Waals surface area contributed by atoms with Gasteiger partial charge in [-0.3, -0.25) is 4.79 Å². The molecule has 2 aromatic rings. The van der Waals surface area contributed by atoms with Crippen LogP contribution in [0.3, 0.4) is 0 Å². The lowest BCUT2D eigenvalue weighted by Crippen LogP contribution is -2.44. The van der Waals surface area contributed by atoms with Gasteiger partial charge in [-0.15, -0.1) is 0 Å². The molecule has 0 bridgehead atoms. The average molecular weight is 522 g/mol. The number of hydrogen-bond donors (Lipinski definition) is 1. The highest BCUT2D eigenvalue weighted by molar-refractivity contribution is 7.92. The van der Waals surface area contributed by atoms with Crippen molar-refractivity contribution in [1.29, 1.82) is 0 Å². The van der Waals surface area contributed by atoms with E-state index in [1.807, 2.05) is 13.8 Å². The van der Waals surface area contributed by atoms with Crippen LogP contribution >= 0.6 is 0 Å². The third kappa shape index (κ3) is 6.86. The van der Waals surface area contributed by atoms with Gasteiger partial charge in [0.15, 0.2) is 5.79 Å². The van der Waals surface area contributed by atoms with Crippen LogP contribution in [0.5, 0.6) is 0 Å². The number of benzene rings is 1. The van der Waals surface area contributed by atoms with Crippen LogP contribution in [0.25, 0.3) is 17.3 Å². The summed E-state index contributed by atoms with van der Waals surface area (Å²) >= 11 is 0. The van der Waals surface area contributed by atoms with Crippen LogP contribution < -0.4 is 4.31 Å². The number of carbonyl (C=O) groups is 1. The number of hydrogen-bond acceptors (Lipinski definition) is 7. The molecule has 196 valence electrons. The predicted molar refractivity (Wildman–Crippen MR) is 134 cm³/mol. The molecule has 0 radical (unpaired) electrons. The van der Waals surface area contributed by atoms with Gasteiger partial charge in [-0.25, -0.2) is 27.1 Å². The van der Waals surface area contributed by atoms with Crippen LogP contribution in [0.2, 0.25) is 0 Å². The molecule has 0 saturated carbocycles. The first-order chi connectivity index (χ1) is 16.7. The van der Waals surface area contributed by atoms with Crippen molar-refractivity contribution < 1.29 is 32.2 Å². The van der Waals surface area contributed by atoms with Crippen molar-refractivity contribution in [3.63, 3.8) is 0 Å². The number of halogens is 1. The molecule has 2 atom stereocenters. The van der Waals surface area contributed by atoms with Gasteiger partial charge in [0.1, 0.15) is 5.82 Å². The first-order valence-corrected chi connectivity index (χ1v) is 13.4. The van der Waals surface area contributed by atoms with Crippen molar-refractivity contribution in [2.45, 2.75) is 64.4 Å². The summed E-state index contributed by atoms with van der Waals surface area (Å²) in [6.07, 6.45) is 3.88. The second-order valence-electron chi connectivity index (χ2n) is 9.55. The second kappa shape index (κ2) is 10.6. The minimum Gasteiger partial charge on any atom is -0.481 e. The molecule has 1 aromatic heterocycles. The molecule has 3 rings (SSSR count). The minimum atomic E-state index is -3.63. The number of carboxylic acids is 1. The van der Waals surface area contributed by atoms with Gasteiger partial charge in [-0.2, -0.15) is 0 Å². The highest BCUT2D eigenvalue weighted by Crippen LogP contribution is 2.33. The Morgan fingerprint density at radius 3 is 2.44 bits per heavy atom. The van der Waals surface area contributed by atoms with Crippen LogP contribution in [0.1, 0.15) is 57.7 Å². The maximum atomic E-state index is 13.7. The quantitative estimate of drug-likeness (QED) is 0.549. The number of sulfonamides is 1. The highest BCUT2D eigenvalue weighted by atomic mass is 32.2. The molecular weight excluding hydrogens is 489 g/mol. The maximum Gasteiger partial charge on any atom is 0.305 e. The molecule has 1 aliphatic heterocycles. The summed E-state index contributed by atoms with van der Waals surface area (Å²) in [5.74, 6) is -2.45. The summed E-state index contributed by atoms with van der Waals surface area (Å²) in [7, 11) is -2.25. The van der Waals surface area contributed by atoms with Crippen molar-refractivity contribution in [1.82, 2.24) is 9.97 Å². The van der Waals surface area contributed by atoms with Crippen molar-refractivity contribution in [3.8, 4) is 11.3 Å². The maximum absolute atomic E-state index is 13.7. The number of ether oxygens (including phenoxy) is 2. The number of nitrogens with zero attached hydrogens (tertiary/aromatic N) is 3. The van der Waals surface area contributed by atoms with E-state index in [1.54, 1.807) is 38.1 Å². The molecule has 36 heavy (non-hydrogen) atoms. The number of aliphatic carboxylic acids is 1. The van der Waals surface area contributed by atoms with E-state index >= 15 is 0 Å². The van der Waals surface area contributed by atoms with E-state index in [0.29, 0.717) is 28.9 Å². The predicted octanol–water partition coefficient (Wildman–Crippen LogP) is 4.20. The van der Waals surface area contributed by atoms with Gasteiger partial charge in [0, 0.05) is 24.6 Å². The van der Waals surface area contributed by atoms with E-state index in [4.69, 9.17) is 9.47 Å². The Labute approximate surface area is 211 Å². The Hall–Kier alpha value is -2.89. The first kappa shape index (κ1) is 27.7. The summed E-state index contributed by atoms with van der Waals surface area (Å²) in [4.78, 5) is 20.3. The summed E-state index contributed by atoms with van der Waals surface area (Å²) in [6, 6.07) is 5.75. The largest absolute Gasteiger partial charge is 0.481 e. The van der Waals surface area contributed by atoms with Gasteiger partial charge in [-0.05, 0) is 44.0 Å². The molecular formula is C25H32FN3O6S. The summed E-state index contributed by atoms with van der Waals surface area (Å²) in [5.41, 5.74) is 2.24. The third-order valence-corrected chi connectivity index (χ3v) is 6.83. The lowest BCUT2D eigenvalue weighted by molar-refractivity contribution is -0.290. The topological polar surface area (TPSA) is 119 Å². The van der Waals surface area contributed by atoms with E-state index in [2.05, 4.69) is 9.97 Å². The number of aromatic nitrogens is 2. The van der Waals surface area contributed by atoms with Crippen LogP contribution in [-0.4, -0.2) is 60.8 Å². The Balaban J connectivity index is 2.13. The Bertz CT molecular complexity index is 1250. The molecule has 1 N–H and O–H groups in total. The summed E-state index contributed by atoms with van der Waals surface area (Å²) in [6.45, 7) is 7.30. The molecule has 1 aromatic carbocycles.